The van der Waals surface area contributed by atoms with E-state index in [1.54, 1.807) is 12.1 Å². The first-order chi connectivity index (χ1) is 7.18. The molecule has 1 unspecified atom stereocenters. The van der Waals surface area contributed by atoms with E-state index in [-0.39, 0.29) is 5.82 Å². The van der Waals surface area contributed by atoms with Crippen molar-refractivity contribution in [2.75, 3.05) is 0 Å². The average Bonchev–Trinajstić information content (AvgIpc) is 2.99. The Labute approximate surface area is 94.6 Å². The SMILES string of the molecule is CC(NCc1c(F)cccc1Cl)C1CC1. The molecule has 1 aromatic carbocycles. The molecular formula is C12H15ClFN. The number of nitrogens with one attached hydrogen (secondary N) is 1. The zero-order valence-corrected chi connectivity index (χ0v) is 9.52. The highest BCUT2D eigenvalue weighted by Crippen LogP contribution is 2.32. The quantitative estimate of drug-likeness (QED) is 0.832. The maximum Gasteiger partial charge on any atom is 0.129 e. The molecule has 0 saturated heterocycles. The first kappa shape index (κ1) is 10.9. The van der Waals surface area contributed by atoms with Crippen molar-refractivity contribution in [1.82, 2.24) is 5.32 Å². The molecule has 1 atom stereocenters. The van der Waals surface area contributed by atoms with Gasteiger partial charge in [0.05, 0.1) is 0 Å². The number of halogens is 2. The van der Waals surface area contributed by atoms with Crippen LogP contribution in [0.4, 0.5) is 4.39 Å². The maximum atomic E-state index is 13.4. The zero-order chi connectivity index (χ0) is 10.8. The van der Waals surface area contributed by atoms with Crippen molar-refractivity contribution in [1.29, 1.82) is 0 Å². The molecule has 82 valence electrons. The fourth-order valence-electron chi connectivity index (χ4n) is 1.73. The minimum Gasteiger partial charge on any atom is -0.310 e. The third kappa shape index (κ3) is 2.70. The molecule has 1 N–H and O–H groups in total. The van der Waals surface area contributed by atoms with Crippen molar-refractivity contribution in [3.05, 3.63) is 34.6 Å². The maximum absolute atomic E-state index is 13.4. The van der Waals surface area contributed by atoms with Gasteiger partial charge in [-0.1, -0.05) is 17.7 Å². The fourth-order valence-corrected chi connectivity index (χ4v) is 1.96. The first-order valence-corrected chi connectivity index (χ1v) is 5.72. The summed E-state index contributed by atoms with van der Waals surface area (Å²) in [6.45, 7) is 2.66. The van der Waals surface area contributed by atoms with E-state index >= 15 is 0 Å². The van der Waals surface area contributed by atoms with E-state index in [4.69, 9.17) is 11.6 Å². The second-order valence-corrected chi connectivity index (χ2v) is 4.61. The van der Waals surface area contributed by atoms with Gasteiger partial charge in [0.25, 0.3) is 0 Å². The smallest absolute Gasteiger partial charge is 0.129 e. The van der Waals surface area contributed by atoms with Gasteiger partial charge in [0.1, 0.15) is 5.82 Å². The van der Waals surface area contributed by atoms with Crippen LogP contribution >= 0.6 is 11.6 Å². The van der Waals surface area contributed by atoms with Crippen molar-refractivity contribution in [2.24, 2.45) is 5.92 Å². The van der Waals surface area contributed by atoms with Crippen LogP contribution < -0.4 is 5.32 Å². The Kier molecular flexibility index (Phi) is 3.27. The van der Waals surface area contributed by atoms with E-state index in [2.05, 4.69) is 12.2 Å². The molecule has 0 amide bonds. The van der Waals surface area contributed by atoms with E-state index in [1.807, 2.05) is 0 Å². The molecule has 1 fully saturated rings. The van der Waals surface area contributed by atoms with Gasteiger partial charge in [-0.05, 0) is 37.8 Å². The molecule has 2 rings (SSSR count). The topological polar surface area (TPSA) is 12.0 Å². The molecule has 0 spiro atoms. The molecule has 1 aliphatic carbocycles. The van der Waals surface area contributed by atoms with Gasteiger partial charge in [-0.2, -0.15) is 0 Å². The fraction of sp³-hybridized carbons (Fsp3) is 0.500. The summed E-state index contributed by atoms with van der Waals surface area (Å²) in [5, 5.41) is 3.82. The van der Waals surface area contributed by atoms with Gasteiger partial charge in [0.15, 0.2) is 0 Å². The van der Waals surface area contributed by atoms with Gasteiger partial charge in [0.2, 0.25) is 0 Å². The number of hydrogen-bond acceptors (Lipinski definition) is 1. The normalized spacial score (nSPS) is 17.8. The third-order valence-electron chi connectivity index (χ3n) is 2.99. The molecule has 0 bridgehead atoms. The summed E-state index contributed by atoms with van der Waals surface area (Å²) in [6, 6.07) is 5.26. The predicted octanol–water partition coefficient (Wildman–Crippen LogP) is 3.37. The van der Waals surface area contributed by atoms with Crippen LogP contribution in [0.3, 0.4) is 0 Å². The van der Waals surface area contributed by atoms with Crippen molar-refractivity contribution in [2.45, 2.75) is 32.4 Å². The summed E-state index contributed by atoms with van der Waals surface area (Å²) in [5.74, 6) is 0.550. The van der Waals surface area contributed by atoms with Crippen LogP contribution in [-0.4, -0.2) is 6.04 Å². The van der Waals surface area contributed by atoms with Gasteiger partial charge in [-0.3, -0.25) is 0 Å². The standard InChI is InChI=1S/C12H15ClFN/c1-8(9-5-6-9)15-7-10-11(13)3-2-4-12(10)14/h2-4,8-9,15H,5-7H2,1H3. The summed E-state index contributed by atoms with van der Waals surface area (Å²) in [4.78, 5) is 0. The van der Waals surface area contributed by atoms with Crippen molar-refractivity contribution in [3.8, 4) is 0 Å². The Balaban J connectivity index is 1.97. The Bertz CT molecular complexity index is 329. The van der Waals surface area contributed by atoms with E-state index in [9.17, 15) is 4.39 Å². The molecule has 0 radical (unpaired) electrons. The molecule has 1 nitrogen and oxygen atoms in total. The highest BCUT2D eigenvalue weighted by atomic mass is 35.5. The Morgan fingerprint density at radius 2 is 2.27 bits per heavy atom. The van der Waals surface area contributed by atoms with Crippen LogP contribution in [0.1, 0.15) is 25.3 Å². The van der Waals surface area contributed by atoms with Crippen LogP contribution in [0, 0.1) is 11.7 Å². The highest BCUT2D eigenvalue weighted by Gasteiger charge is 2.27. The van der Waals surface area contributed by atoms with E-state index < -0.39 is 0 Å². The Morgan fingerprint density at radius 1 is 1.53 bits per heavy atom. The van der Waals surface area contributed by atoms with Gasteiger partial charge in [-0.15, -0.1) is 0 Å². The summed E-state index contributed by atoms with van der Waals surface area (Å²) >= 11 is 5.93. The van der Waals surface area contributed by atoms with Gasteiger partial charge < -0.3 is 5.32 Å². The minimum atomic E-state index is -0.224. The summed E-state index contributed by atoms with van der Waals surface area (Å²) in [6.07, 6.45) is 2.58. The number of hydrogen-bond donors (Lipinski definition) is 1. The summed E-state index contributed by atoms with van der Waals surface area (Å²) in [5.41, 5.74) is 0.576. The lowest BCUT2D eigenvalue weighted by molar-refractivity contribution is 0.485. The molecule has 1 aromatic rings. The van der Waals surface area contributed by atoms with Crippen LogP contribution in [0.25, 0.3) is 0 Å². The number of benzene rings is 1. The summed E-state index contributed by atoms with van der Waals surface area (Å²) in [7, 11) is 0. The largest absolute Gasteiger partial charge is 0.310 e. The van der Waals surface area contributed by atoms with Gasteiger partial charge >= 0.3 is 0 Å². The average molecular weight is 228 g/mol. The van der Waals surface area contributed by atoms with Crippen molar-refractivity contribution >= 4 is 11.6 Å². The van der Waals surface area contributed by atoms with Gasteiger partial charge in [0, 0.05) is 23.2 Å². The molecule has 1 aliphatic rings. The number of rotatable bonds is 4. The lowest BCUT2D eigenvalue weighted by Crippen LogP contribution is -2.27. The molecule has 0 aliphatic heterocycles. The lowest BCUT2D eigenvalue weighted by Gasteiger charge is -2.13. The predicted molar refractivity (Wildman–Crippen MR) is 60.4 cm³/mol. The first-order valence-electron chi connectivity index (χ1n) is 5.34. The van der Waals surface area contributed by atoms with Crippen LogP contribution in [-0.2, 0) is 6.54 Å². The monoisotopic (exact) mass is 227 g/mol. The third-order valence-corrected chi connectivity index (χ3v) is 3.35. The molecule has 15 heavy (non-hydrogen) atoms. The summed E-state index contributed by atoms with van der Waals surface area (Å²) < 4.78 is 13.4. The Morgan fingerprint density at radius 3 is 2.87 bits per heavy atom. The van der Waals surface area contributed by atoms with Crippen molar-refractivity contribution < 1.29 is 4.39 Å². The van der Waals surface area contributed by atoms with Crippen LogP contribution in [0.2, 0.25) is 5.02 Å². The molecule has 0 heterocycles. The van der Waals surface area contributed by atoms with E-state index in [1.165, 1.54) is 18.9 Å². The lowest BCUT2D eigenvalue weighted by atomic mass is 10.1. The molecule has 1 saturated carbocycles. The second-order valence-electron chi connectivity index (χ2n) is 4.21. The van der Waals surface area contributed by atoms with Crippen LogP contribution in [0.5, 0.6) is 0 Å². The van der Waals surface area contributed by atoms with E-state index in [0.29, 0.717) is 23.2 Å². The minimum absolute atomic E-state index is 0.224. The molecule has 3 heteroatoms. The Hall–Kier alpha value is -0.600. The molecule has 0 aromatic heterocycles. The van der Waals surface area contributed by atoms with Gasteiger partial charge in [-0.25, -0.2) is 4.39 Å². The van der Waals surface area contributed by atoms with Crippen molar-refractivity contribution in [3.63, 3.8) is 0 Å². The van der Waals surface area contributed by atoms with Crippen LogP contribution in [0.15, 0.2) is 18.2 Å². The second kappa shape index (κ2) is 4.50. The van der Waals surface area contributed by atoms with E-state index in [0.717, 1.165) is 5.92 Å². The molecular weight excluding hydrogens is 213 g/mol. The highest BCUT2D eigenvalue weighted by molar-refractivity contribution is 6.31. The zero-order valence-electron chi connectivity index (χ0n) is 8.76.